The summed E-state index contributed by atoms with van der Waals surface area (Å²) in [6.45, 7) is 6.23. The molecule has 1 rings (SSSR count). The van der Waals surface area contributed by atoms with Gasteiger partial charge in [-0.25, -0.2) is 0 Å². The monoisotopic (exact) mass is 319 g/mol. The largest absolute Gasteiger partial charge is 0.398 e. The van der Waals surface area contributed by atoms with Crippen LogP contribution in [0.4, 0.5) is 0 Å². The molecule has 0 atom stereocenters. The number of rotatable bonds is 7. The van der Waals surface area contributed by atoms with E-state index in [1.165, 1.54) is 20.4 Å². The normalized spacial score (nSPS) is 12.8. The van der Waals surface area contributed by atoms with Crippen molar-refractivity contribution in [3.8, 4) is 5.75 Å². The standard InChI is InChI=1S/C15H21N5O3/c1-6-17-10(2)11(3)19-23-12-8-7-9-18-13(12)14(20-22-5)15(21)16-4/h7-9H,6H2,1-5H3,(H,16,21)/b17-10?,19-11+,20-14-. The predicted octanol–water partition coefficient (Wildman–Crippen LogP) is 1.41. The van der Waals surface area contributed by atoms with E-state index in [-0.39, 0.29) is 17.2 Å². The van der Waals surface area contributed by atoms with Crippen molar-refractivity contribution in [2.45, 2.75) is 20.8 Å². The van der Waals surface area contributed by atoms with E-state index in [1.807, 2.05) is 13.8 Å². The molecule has 23 heavy (non-hydrogen) atoms. The molecule has 1 N–H and O–H groups in total. The Kier molecular flexibility index (Phi) is 7.38. The van der Waals surface area contributed by atoms with Crippen LogP contribution >= 0.6 is 0 Å². The van der Waals surface area contributed by atoms with Crippen LogP contribution in [0.3, 0.4) is 0 Å². The first-order valence-corrected chi connectivity index (χ1v) is 7.06. The molecule has 0 unspecified atom stereocenters. The highest BCUT2D eigenvalue weighted by Crippen LogP contribution is 2.17. The third-order valence-electron chi connectivity index (χ3n) is 2.82. The number of aliphatic imine (C=N–C) groups is 1. The number of amides is 1. The quantitative estimate of drug-likeness (QED) is 0.607. The molecular weight excluding hydrogens is 298 g/mol. The van der Waals surface area contributed by atoms with E-state index in [9.17, 15) is 4.79 Å². The van der Waals surface area contributed by atoms with Crippen molar-refractivity contribution in [1.29, 1.82) is 0 Å². The van der Waals surface area contributed by atoms with Gasteiger partial charge in [0.2, 0.25) is 0 Å². The van der Waals surface area contributed by atoms with Crippen molar-refractivity contribution in [1.82, 2.24) is 10.3 Å². The fourth-order valence-corrected chi connectivity index (χ4v) is 1.58. The molecule has 0 spiro atoms. The summed E-state index contributed by atoms with van der Waals surface area (Å²) >= 11 is 0. The number of pyridine rings is 1. The predicted molar refractivity (Wildman–Crippen MR) is 89.2 cm³/mol. The van der Waals surface area contributed by atoms with Gasteiger partial charge in [-0.05, 0) is 32.9 Å². The summed E-state index contributed by atoms with van der Waals surface area (Å²) in [5.74, 6) is -0.157. The molecule has 1 aromatic rings. The smallest absolute Gasteiger partial charge is 0.275 e. The Morgan fingerprint density at radius 2 is 2.04 bits per heavy atom. The van der Waals surface area contributed by atoms with Crippen molar-refractivity contribution in [2.75, 3.05) is 20.7 Å². The number of likely N-dealkylation sites (N-methyl/N-ethyl adjacent to an activating group) is 1. The maximum absolute atomic E-state index is 11.9. The van der Waals surface area contributed by atoms with Crippen molar-refractivity contribution >= 4 is 23.0 Å². The zero-order valence-electron chi connectivity index (χ0n) is 14.0. The molecule has 0 fully saturated rings. The lowest BCUT2D eigenvalue weighted by Crippen LogP contribution is -2.29. The van der Waals surface area contributed by atoms with Crippen molar-refractivity contribution < 1.29 is 14.5 Å². The van der Waals surface area contributed by atoms with Crippen LogP contribution in [0.2, 0.25) is 0 Å². The van der Waals surface area contributed by atoms with Crippen molar-refractivity contribution in [2.24, 2.45) is 15.3 Å². The van der Waals surface area contributed by atoms with E-state index >= 15 is 0 Å². The summed E-state index contributed by atoms with van der Waals surface area (Å²) in [5, 5.41) is 10.2. The second kappa shape index (κ2) is 9.29. The summed E-state index contributed by atoms with van der Waals surface area (Å²) in [6, 6.07) is 3.31. The fraction of sp³-hybridized carbons (Fsp3) is 0.400. The van der Waals surface area contributed by atoms with Gasteiger partial charge in [0, 0.05) is 19.8 Å². The van der Waals surface area contributed by atoms with Crippen LogP contribution in [0.15, 0.2) is 33.6 Å². The average molecular weight is 319 g/mol. The zero-order chi connectivity index (χ0) is 17.2. The van der Waals surface area contributed by atoms with Crippen LogP contribution in [0.5, 0.6) is 5.75 Å². The minimum absolute atomic E-state index is 0.00241. The van der Waals surface area contributed by atoms with Crippen molar-refractivity contribution in [3.63, 3.8) is 0 Å². The molecule has 0 aromatic carbocycles. The van der Waals surface area contributed by atoms with Gasteiger partial charge in [0.25, 0.3) is 5.91 Å². The highest BCUT2D eigenvalue weighted by molar-refractivity contribution is 6.45. The summed E-state index contributed by atoms with van der Waals surface area (Å²) in [4.78, 5) is 30.4. The Balaban J connectivity index is 3.15. The van der Waals surface area contributed by atoms with Gasteiger partial charge in [-0.1, -0.05) is 10.3 Å². The number of aromatic nitrogens is 1. The van der Waals surface area contributed by atoms with Crippen LogP contribution in [0.1, 0.15) is 26.5 Å². The Bertz CT molecular complexity index is 638. The van der Waals surface area contributed by atoms with Crippen LogP contribution in [-0.2, 0) is 9.63 Å². The molecule has 0 aliphatic carbocycles. The first kappa shape index (κ1) is 18.3. The number of hydrogen-bond donors (Lipinski definition) is 1. The maximum Gasteiger partial charge on any atom is 0.275 e. The van der Waals surface area contributed by atoms with Gasteiger partial charge in [-0.2, -0.15) is 0 Å². The minimum atomic E-state index is -0.445. The fourth-order valence-electron chi connectivity index (χ4n) is 1.58. The number of carbonyl (C=O) groups excluding carboxylic acids is 1. The second-order valence-corrected chi connectivity index (χ2v) is 4.38. The molecule has 1 aromatic heterocycles. The molecule has 8 heteroatoms. The van der Waals surface area contributed by atoms with Gasteiger partial charge in [0.05, 0.1) is 11.4 Å². The van der Waals surface area contributed by atoms with Gasteiger partial charge >= 0.3 is 0 Å². The highest BCUT2D eigenvalue weighted by atomic mass is 16.6. The SMILES string of the molecule is CCN=C(C)/C(C)=N/Oc1cccnc1/C(=N/OC)C(=O)NC. The first-order valence-electron chi connectivity index (χ1n) is 7.06. The molecule has 0 radical (unpaired) electrons. The van der Waals surface area contributed by atoms with Crippen LogP contribution in [0.25, 0.3) is 0 Å². The van der Waals surface area contributed by atoms with E-state index in [0.29, 0.717) is 12.3 Å². The summed E-state index contributed by atoms with van der Waals surface area (Å²) < 4.78 is 0. The Hall–Kier alpha value is -2.77. The Morgan fingerprint density at radius 1 is 1.30 bits per heavy atom. The van der Waals surface area contributed by atoms with E-state index in [0.717, 1.165) is 5.71 Å². The van der Waals surface area contributed by atoms with Gasteiger partial charge in [0.1, 0.15) is 12.8 Å². The summed E-state index contributed by atoms with van der Waals surface area (Å²) in [5.41, 5.74) is 1.63. The molecule has 0 aliphatic heterocycles. The van der Waals surface area contributed by atoms with E-state index < -0.39 is 5.91 Å². The molecule has 8 nitrogen and oxygen atoms in total. The minimum Gasteiger partial charge on any atom is -0.398 e. The van der Waals surface area contributed by atoms with E-state index in [1.54, 1.807) is 19.1 Å². The van der Waals surface area contributed by atoms with Crippen molar-refractivity contribution in [3.05, 3.63) is 24.0 Å². The summed E-state index contributed by atoms with van der Waals surface area (Å²) in [7, 11) is 2.84. The van der Waals surface area contributed by atoms with Gasteiger partial charge in [0.15, 0.2) is 11.5 Å². The Labute approximate surface area is 135 Å². The third-order valence-corrected chi connectivity index (χ3v) is 2.82. The third kappa shape index (κ3) is 5.17. The zero-order valence-corrected chi connectivity index (χ0v) is 14.0. The number of oxime groups is 2. The number of nitrogens with zero attached hydrogens (tertiary/aromatic N) is 4. The summed E-state index contributed by atoms with van der Waals surface area (Å²) in [6.07, 6.45) is 1.52. The van der Waals surface area contributed by atoms with Gasteiger partial charge in [-0.3, -0.25) is 14.8 Å². The molecule has 1 amide bonds. The van der Waals surface area contributed by atoms with E-state index in [4.69, 9.17) is 9.68 Å². The average Bonchev–Trinajstić information content (AvgIpc) is 2.57. The number of carbonyl (C=O) groups is 1. The number of hydrogen-bond acceptors (Lipinski definition) is 7. The highest BCUT2D eigenvalue weighted by Gasteiger charge is 2.20. The molecule has 1 heterocycles. The first-order chi connectivity index (χ1) is 11.0. The molecule has 0 bridgehead atoms. The number of nitrogens with one attached hydrogen (secondary N) is 1. The van der Waals surface area contributed by atoms with Crippen LogP contribution in [0, 0.1) is 0 Å². The topological polar surface area (TPSA) is 97.5 Å². The second-order valence-electron chi connectivity index (χ2n) is 4.38. The van der Waals surface area contributed by atoms with Crippen LogP contribution in [-0.4, -0.2) is 48.7 Å². The molecule has 0 saturated carbocycles. The maximum atomic E-state index is 11.9. The molecule has 0 aliphatic rings. The van der Waals surface area contributed by atoms with E-state index in [2.05, 4.69) is 25.6 Å². The molecular formula is C15H21N5O3. The van der Waals surface area contributed by atoms with Gasteiger partial charge in [-0.15, -0.1) is 0 Å². The lowest BCUT2D eigenvalue weighted by molar-refractivity contribution is -0.114. The van der Waals surface area contributed by atoms with Crippen LogP contribution < -0.4 is 10.2 Å². The Morgan fingerprint density at radius 3 is 2.65 bits per heavy atom. The lowest BCUT2D eigenvalue weighted by atomic mass is 10.2. The molecule has 0 saturated heterocycles. The lowest BCUT2D eigenvalue weighted by Gasteiger charge is -2.08. The van der Waals surface area contributed by atoms with Gasteiger partial charge < -0.3 is 15.0 Å². The molecule has 124 valence electrons.